The van der Waals surface area contributed by atoms with Crippen LogP contribution in [-0.4, -0.2) is 16.6 Å². The second kappa shape index (κ2) is 4.49. The molecule has 0 spiro atoms. The smallest absolute Gasteiger partial charge is 0.0952 e. The van der Waals surface area contributed by atoms with Gasteiger partial charge in [-0.25, -0.2) is 4.98 Å². The zero-order valence-corrected chi connectivity index (χ0v) is 9.99. The minimum atomic E-state index is 0.796. The second-order valence-electron chi connectivity index (χ2n) is 4.05. The molecule has 0 radical (unpaired) electrons. The molecule has 84 valence electrons. The van der Waals surface area contributed by atoms with Crippen LogP contribution in [0.2, 0.25) is 0 Å². The van der Waals surface area contributed by atoms with E-state index in [2.05, 4.69) is 46.1 Å². The first-order valence-electron chi connectivity index (χ1n) is 5.44. The standard InChI is InChI=1S/C13H17N3/c1-10-5-4-6-11(7-10)13-12(8-14-2)15-9-16(13)3/h4-7,9,14H,8H2,1-3H3. The first-order valence-corrected chi connectivity index (χ1v) is 5.44. The fraction of sp³-hybridized carbons (Fsp3) is 0.308. The van der Waals surface area contributed by atoms with Crippen LogP contribution in [0.15, 0.2) is 30.6 Å². The maximum absolute atomic E-state index is 4.41. The number of nitrogens with one attached hydrogen (secondary N) is 1. The van der Waals surface area contributed by atoms with E-state index in [1.54, 1.807) is 0 Å². The predicted molar refractivity (Wildman–Crippen MR) is 66.1 cm³/mol. The molecule has 2 aromatic rings. The summed E-state index contributed by atoms with van der Waals surface area (Å²) in [5.74, 6) is 0. The van der Waals surface area contributed by atoms with Crippen molar-refractivity contribution in [1.82, 2.24) is 14.9 Å². The van der Waals surface area contributed by atoms with E-state index in [9.17, 15) is 0 Å². The van der Waals surface area contributed by atoms with Crippen LogP contribution in [0.25, 0.3) is 11.3 Å². The summed E-state index contributed by atoms with van der Waals surface area (Å²) in [6.45, 7) is 2.90. The molecule has 0 amide bonds. The molecule has 0 saturated carbocycles. The molecule has 0 aliphatic heterocycles. The second-order valence-corrected chi connectivity index (χ2v) is 4.05. The van der Waals surface area contributed by atoms with Crippen molar-refractivity contribution in [3.8, 4) is 11.3 Å². The number of aromatic nitrogens is 2. The lowest BCUT2D eigenvalue weighted by molar-refractivity contribution is 0.797. The van der Waals surface area contributed by atoms with Crippen LogP contribution in [-0.2, 0) is 13.6 Å². The van der Waals surface area contributed by atoms with Crippen molar-refractivity contribution in [2.24, 2.45) is 7.05 Å². The molecule has 0 unspecified atom stereocenters. The van der Waals surface area contributed by atoms with E-state index >= 15 is 0 Å². The van der Waals surface area contributed by atoms with Crippen molar-refractivity contribution in [1.29, 1.82) is 0 Å². The van der Waals surface area contributed by atoms with Gasteiger partial charge in [0.05, 0.1) is 17.7 Å². The highest BCUT2D eigenvalue weighted by atomic mass is 15.0. The molecule has 1 heterocycles. The van der Waals surface area contributed by atoms with Gasteiger partial charge in [-0.2, -0.15) is 0 Å². The molecule has 1 aromatic carbocycles. The molecule has 0 bridgehead atoms. The van der Waals surface area contributed by atoms with Gasteiger partial charge in [-0.3, -0.25) is 0 Å². The topological polar surface area (TPSA) is 29.9 Å². The van der Waals surface area contributed by atoms with Gasteiger partial charge < -0.3 is 9.88 Å². The fourth-order valence-electron chi connectivity index (χ4n) is 1.94. The third kappa shape index (κ3) is 1.99. The number of imidazole rings is 1. The van der Waals surface area contributed by atoms with Gasteiger partial charge >= 0.3 is 0 Å². The lowest BCUT2D eigenvalue weighted by atomic mass is 10.1. The number of aryl methyl sites for hydroxylation is 2. The summed E-state index contributed by atoms with van der Waals surface area (Å²) in [7, 11) is 3.97. The molecule has 16 heavy (non-hydrogen) atoms. The van der Waals surface area contributed by atoms with Crippen molar-refractivity contribution in [3.63, 3.8) is 0 Å². The van der Waals surface area contributed by atoms with Gasteiger partial charge in [-0.15, -0.1) is 0 Å². The fourth-order valence-corrected chi connectivity index (χ4v) is 1.94. The minimum absolute atomic E-state index is 0.796. The third-order valence-electron chi connectivity index (χ3n) is 2.65. The Balaban J connectivity index is 2.50. The molecule has 0 aliphatic carbocycles. The third-order valence-corrected chi connectivity index (χ3v) is 2.65. The number of rotatable bonds is 3. The Morgan fingerprint density at radius 1 is 1.38 bits per heavy atom. The molecule has 0 saturated heterocycles. The number of hydrogen-bond donors (Lipinski definition) is 1. The first-order chi connectivity index (χ1) is 7.72. The Hall–Kier alpha value is -1.61. The van der Waals surface area contributed by atoms with E-state index < -0.39 is 0 Å². The van der Waals surface area contributed by atoms with E-state index in [0.29, 0.717) is 0 Å². The Morgan fingerprint density at radius 3 is 2.88 bits per heavy atom. The highest BCUT2D eigenvalue weighted by Gasteiger charge is 2.10. The predicted octanol–water partition coefficient (Wildman–Crippen LogP) is 2.11. The zero-order chi connectivity index (χ0) is 11.5. The lowest BCUT2D eigenvalue weighted by Crippen LogP contribution is -2.07. The van der Waals surface area contributed by atoms with Gasteiger partial charge in [0.2, 0.25) is 0 Å². The van der Waals surface area contributed by atoms with Crippen LogP contribution in [0, 0.1) is 6.92 Å². The largest absolute Gasteiger partial charge is 0.333 e. The molecule has 0 atom stereocenters. The van der Waals surface area contributed by atoms with Crippen molar-refractivity contribution >= 4 is 0 Å². The monoisotopic (exact) mass is 215 g/mol. The van der Waals surface area contributed by atoms with E-state index in [-0.39, 0.29) is 0 Å². The Bertz CT molecular complexity index is 486. The summed E-state index contributed by atoms with van der Waals surface area (Å²) in [5.41, 5.74) is 4.79. The van der Waals surface area contributed by atoms with Crippen molar-refractivity contribution in [3.05, 3.63) is 41.9 Å². The normalized spacial score (nSPS) is 10.7. The highest BCUT2D eigenvalue weighted by molar-refractivity contribution is 5.63. The minimum Gasteiger partial charge on any atom is -0.333 e. The average molecular weight is 215 g/mol. The first kappa shape index (κ1) is 10.9. The highest BCUT2D eigenvalue weighted by Crippen LogP contribution is 2.23. The summed E-state index contributed by atoms with van der Waals surface area (Å²) in [5, 5.41) is 3.15. The Morgan fingerprint density at radius 2 is 2.19 bits per heavy atom. The molecule has 3 heteroatoms. The van der Waals surface area contributed by atoms with Crippen LogP contribution in [0.4, 0.5) is 0 Å². The lowest BCUT2D eigenvalue weighted by Gasteiger charge is -2.07. The van der Waals surface area contributed by atoms with Gasteiger partial charge in [0, 0.05) is 19.2 Å². The number of hydrogen-bond acceptors (Lipinski definition) is 2. The average Bonchev–Trinajstić information content (AvgIpc) is 2.60. The van der Waals surface area contributed by atoms with Gasteiger partial charge in [-0.05, 0) is 20.0 Å². The van der Waals surface area contributed by atoms with E-state index in [1.807, 2.05) is 20.4 Å². The van der Waals surface area contributed by atoms with Crippen LogP contribution < -0.4 is 5.32 Å². The number of nitrogens with zero attached hydrogens (tertiary/aromatic N) is 2. The molecule has 2 rings (SSSR count). The van der Waals surface area contributed by atoms with Crippen LogP contribution in [0.1, 0.15) is 11.3 Å². The SMILES string of the molecule is CNCc1ncn(C)c1-c1cccc(C)c1. The molecule has 1 aromatic heterocycles. The number of benzene rings is 1. The van der Waals surface area contributed by atoms with Gasteiger partial charge in [0.1, 0.15) is 0 Å². The summed E-state index contributed by atoms with van der Waals surface area (Å²) < 4.78 is 2.07. The molecule has 0 aliphatic rings. The Kier molecular flexibility index (Phi) is 3.06. The Labute approximate surface area is 96.1 Å². The molecular weight excluding hydrogens is 198 g/mol. The van der Waals surface area contributed by atoms with Crippen LogP contribution in [0.3, 0.4) is 0 Å². The van der Waals surface area contributed by atoms with E-state index in [0.717, 1.165) is 12.2 Å². The maximum atomic E-state index is 4.41. The van der Waals surface area contributed by atoms with E-state index in [4.69, 9.17) is 0 Å². The van der Waals surface area contributed by atoms with Crippen molar-refractivity contribution in [2.75, 3.05) is 7.05 Å². The summed E-state index contributed by atoms with van der Waals surface area (Å²) in [6.07, 6.45) is 1.87. The molecule has 1 N–H and O–H groups in total. The van der Waals surface area contributed by atoms with Crippen molar-refractivity contribution in [2.45, 2.75) is 13.5 Å². The van der Waals surface area contributed by atoms with Crippen molar-refractivity contribution < 1.29 is 0 Å². The quantitative estimate of drug-likeness (QED) is 0.850. The van der Waals surface area contributed by atoms with Gasteiger partial charge in [0.15, 0.2) is 0 Å². The maximum Gasteiger partial charge on any atom is 0.0952 e. The zero-order valence-electron chi connectivity index (χ0n) is 9.99. The summed E-state index contributed by atoms with van der Waals surface area (Å²) >= 11 is 0. The molecule has 3 nitrogen and oxygen atoms in total. The summed E-state index contributed by atoms with van der Waals surface area (Å²) in [4.78, 5) is 4.41. The molecule has 0 fully saturated rings. The van der Waals surface area contributed by atoms with Gasteiger partial charge in [-0.1, -0.05) is 23.8 Å². The van der Waals surface area contributed by atoms with Crippen LogP contribution >= 0.6 is 0 Å². The van der Waals surface area contributed by atoms with E-state index in [1.165, 1.54) is 16.8 Å². The summed E-state index contributed by atoms with van der Waals surface area (Å²) in [6, 6.07) is 8.51. The van der Waals surface area contributed by atoms with Crippen LogP contribution in [0.5, 0.6) is 0 Å². The van der Waals surface area contributed by atoms with Gasteiger partial charge in [0.25, 0.3) is 0 Å². The molecular formula is C13H17N3.